The van der Waals surface area contributed by atoms with E-state index in [4.69, 9.17) is 10.0 Å². The molecule has 0 saturated heterocycles. The van der Waals surface area contributed by atoms with Crippen LogP contribution < -0.4 is 11.0 Å². The molecule has 2 rings (SSSR count). The maximum absolute atomic E-state index is 11.8. The van der Waals surface area contributed by atoms with Crippen molar-refractivity contribution in [2.45, 2.75) is 6.54 Å². The van der Waals surface area contributed by atoms with E-state index in [-0.39, 0.29) is 11.0 Å². The summed E-state index contributed by atoms with van der Waals surface area (Å²) in [5.41, 5.74) is 0.979. The first-order valence-corrected chi connectivity index (χ1v) is 6.45. The Morgan fingerprint density at radius 3 is 2.39 bits per heavy atom. The van der Waals surface area contributed by atoms with Gasteiger partial charge in [0.15, 0.2) is 0 Å². The Morgan fingerprint density at radius 1 is 1.17 bits per heavy atom. The van der Waals surface area contributed by atoms with Gasteiger partial charge >= 0.3 is 7.12 Å². The number of benzene rings is 1. The second-order valence-corrected chi connectivity index (χ2v) is 5.17. The Labute approximate surface area is 118 Å². The third kappa shape index (κ3) is 3.21. The first kappa shape index (κ1) is 13.3. The van der Waals surface area contributed by atoms with Crippen LogP contribution in [0.4, 0.5) is 0 Å². The van der Waals surface area contributed by atoms with Crippen molar-refractivity contribution in [2.24, 2.45) is 0 Å². The van der Waals surface area contributed by atoms with Gasteiger partial charge in [0.2, 0.25) is 5.56 Å². The van der Waals surface area contributed by atoms with E-state index < -0.39 is 7.12 Å². The van der Waals surface area contributed by atoms with Crippen LogP contribution in [0.2, 0.25) is 0 Å². The second-order valence-electron chi connectivity index (χ2n) is 3.93. The summed E-state index contributed by atoms with van der Waals surface area (Å²) >= 11 is 2.22. The monoisotopic (exact) mass is 355 g/mol. The third-order valence-corrected chi connectivity index (χ3v) is 3.30. The van der Waals surface area contributed by atoms with Gasteiger partial charge in [-0.2, -0.15) is 0 Å². The summed E-state index contributed by atoms with van der Waals surface area (Å²) in [6, 6.07) is 10.6. The predicted octanol–water partition coefficient (Wildman–Crippen LogP) is 0.181. The van der Waals surface area contributed by atoms with Crippen LogP contribution >= 0.6 is 22.6 Å². The zero-order valence-electron chi connectivity index (χ0n) is 9.45. The first-order valence-electron chi connectivity index (χ1n) is 5.37. The van der Waals surface area contributed by atoms with E-state index in [0.29, 0.717) is 6.54 Å². The zero-order chi connectivity index (χ0) is 13.1. The van der Waals surface area contributed by atoms with Gasteiger partial charge in [-0.1, -0.05) is 12.1 Å². The Kier molecular flexibility index (Phi) is 4.21. The number of hydrogen-bond acceptors (Lipinski definition) is 3. The summed E-state index contributed by atoms with van der Waals surface area (Å²) in [6.45, 7) is 0.470. The molecule has 0 atom stereocenters. The Morgan fingerprint density at radius 2 is 1.83 bits per heavy atom. The van der Waals surface area contributed by atoms with Gasteiger partial charge in [0, 0.05) is 15.8 Å². The minimum absolute atomic E-state index is 0.207. The van der Waals surface area contributed by atoms with Gasteiger partial charge in [-0.05, 0) is 51.8 Å². The van der Waals surface area contributed by atoms with Gasteiger partial charge in [0.05, 0.1) is 6.54 Å². The lowest BCUT2D eigenvalue weighted by molar-refractivity contribution is 0.425. The molecule has 0 aliphatic heterocycles. The van der Waals surface area contributed by atoms with E-state index in [2.05, 4.69) is 22.6 Å². The molecule has 18 heavy (non-hydrogen) atoms. The highest BCUT2D eigenvalue weighted by Crippen LogP contribution is 2.07. The number of aromatic nitrogens is 1. The van der Waals surface area contributed by atoms with Crippen LogP contribution in [-0.4, -0.2) is 21.7 Å². The molecule has 2 N–H and O–H groups in total. The van der Waals surface area contributed by atoms with Crippen molar-refractivity contribution in [3.8, 4) is 0 Å². The summed E-state index contributed by atoms with van der Waals surface area (Å²) < 4.78 is 2.66. The van der Waals surface area contributed by atoms with E-state index in [1.807, 2.05) is 24.3 Å². The molecule has 0 amide bonds. The molecule has 1 aromatic heterocycles. The highest BCUT2D eigenvalue weighted by Gasteiger charge is 2.11. The van der Waals surface area contributed by atoms with E-state index in [1.54, 1.807) is 6.20 Å². The Balaban J connectivity index is 2.25. The van der Waals surface area contributed by atoms with Crippen LogP contribution in [0.15, 0.2) is 47.4 Å². The minimum Gasteiger partial charge on any atom is -0.423 e. The molecule has 0 bridgehead atoms. The molecule has 0 aliphatic carbocycles. The van der Waals surface area contributed by atoms with E-state index in [9.17, 15) is 4.79 Å². The Bertz CT molecular complexity index is 595. The third-order valence-electron chi connectivity index (χ3n) is 2.58. The van der Waals surface area contributed by atoms with Gasteiger partial charge in [-0.25, -0.2) is 0 Å². The molecule has 0 radical (unpaired) electrons. The highest BCUT2D eigenvalue weighted by molar-refractivity contribution is 14.1. The normalized spacial score (nSPS) is 10.4. The van der Waals surface area contributed by atoms with E-state index in [0.717, 1.165) is 9.13 Å². The Hall–Kier alpha value is -1.12. The fourth-order valence-corrected chi connectivity index (χ4v) is 1.96. The average Bonchev–Trinajstić information content (AvgIpc) is 2.34. The number of hydrogen-bond donors (Lipinski definition) is 2. The molecule has 92 valence electrons. The summed E-state index contributed by atoms with van der Waals surface area (Å²) in [5.74, 6) is 0. The maximum Gasteiger partial charge on any atom is 0.488 e. The van der Waals surface area contributed by atoms with E-state index in [1.165, 1.54) is 16.7 Å². The summed E-state index contributed by atoms with van der Waals surface area (Å²) in [5, 5.41) is 17.9. The fraction of sp³-hybridized carbons (Fsp3) is 0.0833. The molecular weight excluding hydrogens is 344 g/mol. The second kappa shape index (κ2) is 5.68. The van der Waals surface area contributed by atoms with Crippen molar-refractivity contribution in [3.63, 3.8) is 0 Å². The quantitative estimate of drug-likeness (QED) is 0.610. The molecule has 1 aromatic carbocycles. The summed E-state index contributed by atoms with van der Waals surface area (Å²) in [4.78, 5) is 11.8. The fourth-order valence-electron chi connectivity index (χ4n) is 1.60. The zero-order valence-corrected chi connectivity index (χ0v) is 11.6. The average molecular weight is 355 g/mol. The van der Waals surface area contributed by atoms with Crippen molar-refractivity contribution in [1.29, 1.82) is 0 Å². The van der Waals surface area contributed by atoms with Crippen LogP contribution in [-0.2, 0) is 6.54 Å². The maximum atomic E-state index is 11.8. The van der Waals surface area contributed by atoms with Crippen LogP contribution in [0.1, 0.15) is 5.56 Å². The molecular formula is C12H11BINO3. The van der Waals surface area contributed by atoms with Gasteiger partial charge in [-0.3, -0.25) is 4.79 Å². The van der Waals surface area contributed by atoms with Crippen molar-refractivity contribution in [1.82, 2.24) is 4.57 Å². The molecule has 6 heteroatoms. The number of nitrogens with zero attached hydrogens (tertiary/aromatic N) is 1. The lowest BCUT2D eigenvalue weighted by Gasteiger charge is -2.07. The van der Waals surface area contributed by atoms with Gasteiger partial charge in [0.25, 0.3) is 0 Å². The number of halogens is 1. The molecule has 0 spiro atoms. The van der Waals surface area contributed by atoms with Crippen LogP contribution in [0.25, 0.3) is 0 Å². The molecule has 0 aliphatic rings. The van der Waals surface area contributed by atoms with Crippen LogP contribution in [0.5, 0.6) is 0 Å². The standard InChI is InChI=1S/C12H11BINO3/c14-11-3-1-9(2-4-11)8-15-6-5-10(13(17)18)7-12(15)16/h1-7,17-18H,8H2. The first-order chi connectivity index (χ1) is 8.56. The molecule has 0 saturated carbocycles. The SMILES string of the molecule is O=c1cc(B(O)O)ccn1Cc1ccc(I)cc1. The topological polar surface area (TPSA) is 62.5 Å². The molecule has 1 heterocycles. The van der Waals surface area contributed by atoms with Crippen molar-refractivity contribution < 1.29 is 10.0 Å². The van der Waals surface area contributed by atoms with Gasteiger partial charge in [-0.15, -0.1) is 0 Å². The molecule has 4 nitrogen and oxygen atoms in total. The number of rotatable bonds is 3. The lowest BCUT2D eigenvalue weighted by atomic mass is 9.81. The predicted molar refractivity (Wildman–Crippen MR) is 78.8 cm³/mol. The van der Waals surface area contributed by atoms with Crippen molar-refractivity contribution in [3.05, 3.63) is 62.1 Å². The van der Waals surface area contributed by atoms with Crippen LogP contribution in [0, 0.1) is 3.57 Å². The van der Waals surface area contributed by atoms with Gasteiger partial charge < -0.3 is 14.6 Å². The van der Waals surface area contributed by atoms with Gasteiger partial charge in [0.1, 0.15) is 0 Å². The summed E-state index contributed by atoms with van der Waals surface area (Å²) in [7, 11) is -1.61. The van der Waals surface area contributed by atoms with Crippen LogP contribution in [0.3, 0.4) is 0 Å². The molecule has 2 aromatic rings. The minimum atomic E-state index is -1.61. The van der Waals surface area contributed by atoms with Crippen molar-refractivity contribution in [2.75, 3.05) is 0 Å². The van der Waals surface area contributed by atoms with Crippen molar-refractivity contribution >= 4 is 35.2 Å². The van der Waals surface area contributed by atoms with E-state index >= 15 is 0 Å². The highest BCUT2D eigenvalue weighted by atomic mass is 127. The lowest BCUT2D eigenvalue weighted by Crippen LogP contribution is -2.35. The number of pyridine rings is 1. The largest absolute Gasteiger partial charge is 0.488 e. The summed E-state index contributed by atoms with van der Waals surface area (Å²) in [6.07, 6.45) is 1.56. The molecule has 0 unspecified atom stereocenters. The smallest absolute Gasteiger partial charge is 0.423 e. The molecule has 0 fully saturated rings.